The van der Waals surface area contributed by atoms with Gasteiger partial charge in [0.1, 0.15) is 11.6 Å². The molecule has 0 amide bonds. The van der Waals surface area contributed by atoms with E-state index in [0.29, 0.717) is 12.4 Å². The number of nitrogens with zero attached hydrogens (tertiary/aromatic N) is 4. The van der Waals surface area contributed by atoms with E-state index in [0.717, 1.165) is 44.9 Å². The minimum Gasteiger partial charge on any atom is -0.496 e. The second-order valence-corrected chi connectivity index (χ2v) is 7.24. The molecule has 0 radical (unpaired) electrons. The maximum Gasteiger partial charge on any atom is 0.163 e. The van der Waals surface area contributed by atoms with Crippen LogP contribution in [0, 0.1) is 0 Å². The molecule has 0 aliphatic carbocycles. The molecule has 2 aromatic carbocycles. The Morgan fingerprint density at radius 1 is 0.844 bits per heavy atom. The minimum atomic E-state index is 0.563. The van der Waals surface area contributed by atoms with Crippen LogP contribution in [0.5, 0.6) is 5.75 Å². The molecule has 0 fully saturated rings. The van der Waals surface area contributed by atoms with E-state index in [9.17, 15) is 0 Å². The number of methoxy groups -OCH3 is 1. The fraction of sp³-hybridized carbons (Fsp3) is 0.0769. The molecule has 0 saturated carbocycles. The van der Waals surface area contributed by atoms with Crippen LogP contribution in [0.1, 0.15) is 5.69 Å². The van der Waals surface area contributed by atoms with Gasteiger partial charge in [-0.05, 0) is 48.0 Å². The Morgan fingerprint density at radius 3 is 2.56 bits per heavy atom. The third-order valence-electron chi connectivity index (χ3n) is 5.20. The molecule has 0 aliphatic heterocycles. The van der Waals surface area contributed by atoms with Crippen molar-refractivity contribution in [3.8, 4) is 28.3 Å². The zero-order chi connectivity index (χ0) is 21.8. The predicted molar refractivity (Wildman–Crippen MR) is 126 cm³/mol. The second-order valence-electron chi connectivity index (χ2n) is 7.24. The first kappa shape index (κ1) is 19.6. The number of aromatic nitrogens is 4. The largest absolute Gasteiger partial charge is 0.496 e. The number of nitrogens with one attached hydrogen (secondary N) is 1. The van der Waals surface area contributed by atoms with E-state index >= 15 is 0 Å². The van der Waals surface area contributed by atoms with Gasteiger partial charge in [0.05, 0.1) is 24.9 Å². The maximum absolute atomic E-state index is 5.56. The average molecular weight is 419 g/mol. The Labute approximate surface area is 186 Å². The Hall–Kier alpha value is -4.32. The van der Waals surface area contributed by atoms with Gasteiger partial charge < -0.3 is 10.1 Å². The van der Waals surface area contributed by atoms with Gasteiger partial charge in [-0.3, -0.25) is 9.97 Å². The van der Waals surface area contributed by atoms with Gasteiger partial charge in [-0.2, -0.15) is 0 Å². The van der Waals surface area contributed by atoms with Gasteiger partial charge in [0.15, 0.2) is 5.82 Å². The lowest BCUT2D eigenvalue weighted by Gasteiger charge is -2.13. The Morgan fingerprint density at radius 2 is 1.75 bits per heavy atom. The SMILES string of the molecule is COc1ccccc1-c1ccc2c(NCc3ccccn3)nc(-c3cccnc3)nc2c1. The molecule has 32 heavy (non-hydrogen) atoms. The highest BCUT2D eigenvalue weighted by molar-refractivity contribution is 5.94. The predicted octanol–water partition coefficient (Wildman–Crippen LogP) is 5.37. The van der Waals surface area contributed by atoms with E-state index in [1.165, 1.54) is 0 Å². The monoisotopic (exact) mass is 419 g/mol. The lowest BCUT2D eigenvalue weighted by molar-refractivity contribution is 0.416. The van der Waals surface area contributed by atoms with E-state index in [1.54, 1.807) is 25.7 Å². The molecular formula is C26H21N5O. The standard InChI is InChI=1S/C26H21N5O/c1-32-24-10-3-2-9-21(24)18-11-12-22-23(15-18)30-25(19-7-6-13-27-16-19)31-26(22)29-17-20-8-4-5-14-28-20/h2-16H,17H2,1H3,(H,29,30,31). The molecule has 0 atom stereocenters. The van der Waals surface area contributed by atoms with Crippen molar-refractivity contribution in [3.05, 3.63) is 97.1 Å². The summed E-state index contributed by atoms with van der Waals surface area (Å²) in [5.74, 6) is 2.19. The van der Waals surface area contributed by atoms with Crippen molar-refractivity contribution in [1.29, 1.82) is 0 Å². The number of ether oxygens (including phenoxy) is 1. The summed E-state index contributed by atoms with van der Waals surface area (Å²) in [5, 5.41) is 4.37. The number of anilines is 1. The average Bonchev–Trinajstić information content (AvgIpc) is 2.88. The molecule has 0 aliphatic rings. The van der Waals surface area contributed by atoms with Gasteiger partial charge in [0.25, 0.3) is 0 Å². The number of hydrogen-bond acceptors (Lipinski definition) is 6. The lowest BCUT2D eigenvalue weighted by atomic mass is 10.0. The zero-order valence-corrected chi connectivity index (χ0v) is 17.6. The van der Waals surface area contributed by atoms with Gasteiger partial charge in [0, 0.05) is 35.1 Å². The smallest absolute Gasteiger partial charge is 0.163 e. The van der Waals surface area contributed by atoms with Gasteiger partial charge in [-0.25, -0.2) is 9.97 Å². The molecule has 1 N–H and O–H groups in total. The van der Waals surface area contributed by atoms with Crippen molar-refractivity contribution in [3.63, 3.8) is 0 Å². The molecule has 156 valence electrons. The van der Waals surface area contributed by atoms with Crippen LogP contribution >= 0.6 is 0 Å². The van der Waals surface area contributed by atoms with Gasteiger partial charge in [-0.15, -0.1) is 0 Å². The van der Waals surface area contributed by atoms with Crippen molar-refractivity contribution in [2.24, 2.45) is 0 Å². The topological polar surface area (TPSA) is 72.8 Å². The maximum atomic E-state index is 5.56. The zero-order valence-electron chi connectivity index (χ0n) is 17.6. The third-order valence-corrected chi connectivity index (χ3v) is 5.20. The quantitative estimate of drug-likeness (QED) is 0.399. The number of fused-ring (bicyclic) bond motifs is 1. The Balaban J connectivity index is 1.62. The van der Waals surface area contributed by atoms with Crippen molar-refractivity contribution < 1.29 is 4.74 Å². The molecule has 5 rings (SSSR count). The number of benzene rings is 2. The molecule has 6 heteroatoms. The summed E-state index contributed by atoms with van der Waals surface area (Å²) in [4.78, 5) is 18.3. The summed E-state index contributed by atoms with van der Waals surface area (Å²) >= 11 is 0. The Kier molecular flexibility index (Phi) is 5.41. The van der Waals surface area contributed by atoms with E-state index < -0.39 is 0 Å². The van der Waals surface area contributed by atoms with Gasteiger partial charge >= 0.3 is 0 Å². The van der Waals surface area contributed by atoms with Crippen LogP contribution in [0.3, 0.4) is 0 Å². The lowest BCUT2D eigenvalue weighted by Crippen LogP contribution is -2.05. The van der Waals surface area contributed by atoms with E-state index in [-0.39, 0.29) is 0 Å². The number of para-hydroxylation sites is 1. The first-order valence-electron chi connectivity index (χ1n) is 10.3. The second kappa shape index (κ2) is 8.81. The fourth-order valence-corrected chi connectivity index (χ4v) is 3.62. The van der Waals surface area contributed by atoms with E-state index in [4.69, 9.17) is 14.7 Å². The molecule has 0 spiro atoms. The van der Waals surface area contributed by atoms with Crippen LogP contribution in [0.2, 0.25) is 0 Å². The van der Waals surface area contributed by atoms with Crippen LogP contribution in [-0.2, 0) is 6.54 Å². The molecule has 3 aromatic heterocycles. The molecular weight excluding hydrogens is 398 g/mol. The summed E-state index contributed by atoms with van der Waals surface area (Å²) in [5.41, 5.74) is 4.68. The van der Waals surface area contributed by atoms with Crippen LogP contribution < -0.4 is 10.1 Å². The third kappa shape index (κ3) is 3.98. The number of pyridine rings is 2. The van der Waals surface area contributed by atoms with Gasteiger partial charge in [0.2, 0.25) is 0 Å². The van der Waals surface area contributed by atoms with E-state index in [1.807, 2.05) is 60.7 Å². The molecule has 6 nitrogen and oxygen atoms in total. The number of rotatable bonds is 6. The fourth-order valence-electron chi connectivity index (χ4n) is 3.62. The Bertz CT molecular complexity index is 1360. The van der Waals surface area contributed by atoms with Crippen LogP contribution in [0.4, 0.5) is 5.82 Å². The first-order chi connectivity index (χ1) is 15.8. The molecule has 3 heterocycles. The summed E-state index contributed by atoms with van der Waals surface area (Å²) in [6.07, 6.45) is 5.30. The minimum absolute atomic E-state index is 0.563. The van der Waals surface area contributed by atoms with Crippen molar-refractivity contribution in [2.45, 2.75) is 6.54 Å². The first-order valence-corrected chi connectivity index (χ1v) is 10.3. The van der Waals surface area contributed by atoms with E-state index in [2.05, 4.69) is 27.4 Å². The van der Waals surface area contributed by atoms with Gasteiger partial charge in [-0.1, -0.05) is 30.3 Å². The van der Waals surface area contributed by atoms with Crippen molar-refractivity contribution in [2.75, 3.05) is 12.4 Å². The molecule has 0 unspecified atom stereocenters. The van der Waals surface area contributed by atoms with Crippen LogP contribution in [0.15, 0.2) is 91.4 Å². The van der Waals surface area contributed by atoms with Crippen molar-refractivity contribution >= 4 is 16.7 Å². The molecule has 0 saturated heterocycles. The summed E-state index contributed by atoms with van der Waals surface area (Å²) < 4.78 is 5.56. The van der Waals surface area contributed by atoms with Crippen molar-refractivity contribution in [1.82, 2.24) is 19.9 Å². The highest BCUT2D eigenvalue weighted by Crippen LogP contribution is 2.33. The highest BCUT2D eigenvalue weighted by atomic mass is 16.5. The summed E-state index contributed by atoms with van der Waals surface area (Å²) in [6, 6.07) is 23.9. The summed E-state index contributed by atoms with van der Waals surface area (Å²) in [6.45, 7) is 0.563. The highest BCUT2D eigenvalue weighted by Gasteiger charge is 2.13. The molecule has 0 bridgehead atoms. The van der Waals surface area contributed by atoms with Crippen LogP contribution in [-0.4, -0.2) is 27.0 Å². The summed E-state index contributed by atoms with van der Waals surface area (Å²) in [7, 11) is 1.68. The molecule has 5 aromatic rings. The number of hydrogen-bond donors (Lipinski definition) is 1. The normalized spacial score (nSPS) is 10.8. The van der Waals surface area contributed by atoms with Crippen LogP contribution in [0.25, 0.3) is 33.4 Å².